The van der Waals surface area contributed by atoms with Crippen molar-refractivity contribution in [3.05, 3.63) is 72.9 Å². The molecule has 0 saturated carbocycles. The number of aliphatic hydroxyl groups is 2. The van der Waals surface area contributed by atoms with Gasteiger partial charge in [-0.15, -0.1) is 0 Å². The molecule has 0 saturated heterocycles. The number of hydrogen-bond acceptors (Lipinski definition) is 3. The Labute approximate surface area is 438 Å². The van der Waals surface area contributed by atoms with E-state index in [4.69, 9.17) is 0 Å². The van der Waals surface area contributed by atoms with Gasteiger partial charge in [0.1, 0.15) is 0 Å². The van der Waals surface area contributed by atoms with Crippen LogP contribution in [0.3, 0.4) is 0 Å². The van der Waals surface area contributed by atoms with Crippen LogP contribution in [0.5, 0.6) is 0 Å². The summed E-state index contributed by atoms with van der Waals surface area (Å²) < 4.78 is 0. The fourth-order valence-corrected chi connectivity index (χ4v) is 9.54. The van der Waals surface area contributed by atoms with E-state index in [0.29, 0.717) is 12.8 Å². The summed E-state index contributed by atoms with van der Waals surface area (Å²) in [6, 6.07) is -0.540. The summed E-state index contributed by atoms with van der Waals surface area (Å²) in [6.07, 6.45) is 87.7. The number of hydrogen-bond donors (Lipinski definition) is 3. The van der Waals surface area contributed by atoms with E-state index in [0.717, 1.165) is 64.2 Å². The molecule has 0 bridgehead atoms. The molecule has 0 aromatic carbocycles. The van der Waals surface area contributed by atoms with Gasteiger partial charge in [0.25, 0.3) is 0 Å². The van der Waals surface area contributed by atoms with Crippen LogP contribution in [0.15, 0.2) is 72.9 Å². The molecule has 70 heavy (non-hydrogen) atoms. The Balaban J connectivity index is 3.46. The molecular formula is C66H121NO3. The lowest BCUT2D eigenvalue weighted by atomic mass is 10.0. The van der Waals surface area contributed by atoms with Crippen LogP contribution in [0.25, 0.3) is 0 Å². The Morgan fingerprint density at radius 2 is 0.629 bits per heavy atom. The largest absolute Gasteiger partial charge is 0.394 e. The van der Waals surface area contributed by atoms with Gasteiger partial charge in [0, 0.05) is 6.42 Å². The van der Waals surface area contributed by atoms with E-state index in [1.807, 2.05) is 0 Å². The summed E-state index contributed by atoms with van der Waals surface area (Å²) in [7, 11) is 0. The summed E-state index contributed by atoms with van der Waals surface area (Å²) in [5, 5.41) is 23.4. The second kappa shape index (κ2) is 61.1. The van der Waals surface area contributed by atoms with Crippen molar-refractivity contribution >= 4 is 5.91 Å². The lowest BCUT2D eigenvalue weighted by molar-refractivity contribution is -0.123. The molecule has 0 rings (SSSR count). The molecule has 4 heteroatoms. The highest BCUT2D eigenvalue weighted by molar-refractivity contribution is 5.76. The van der Waals surface area contributed by atoms with E-state index < -0.39 is 12.1 Å². The fraction of sp³-hybridized carbons (Fsp3) is 0.803. The number of carbonyl (C=O) groups is 1. The zero-order chi connectivity index (χ0) is 50.6. The second-order valence-corrected chi connectivity index (χ2v) is 21.1. The van der Waals surface area contributed by atoms with Gasteiger partial charge in [-0.05, 0) is 64.2 Å². The molecule has 408 valence electrons. The lowest BCUT2D eigenvalue weighted by Gasteiger charge is -2.22. The molecule has 0 aliphatic heterocycles. The van der Waals surface area contributed by atoms with Crippen molar-refractivity contribution < 1.29 is 15.0 Å². The molecular weight excluding hydrogens is 855 g/mol. The van der Waals surface area contributed by atoms with Gasteiger partial charge in [-0.1, -0.05) is 324 Å². The average molecular weight is 977 g/mol. The van der Waals surface area contributed by atoms with Crippen molar-refractivity contribution in [2.24, 2.45) is 0 Å². The van der Waals surface area contributed by atoms with Crippen LogP contribution in [0.2, 0.25) is 0 Å². The number of aliphatic hydroxyl groups excluding tert-OH is 2. The third kappa shape index (κ3) is 56.7. The lowest BCUT2D eigenvalue weighted by Crippen LogP contribution is -2.45. The van der Waals surface area contributed by atoms with Gasteiger partial charge in [0.05, 0.1) is 18.8 Å². The molecule has 0 heterocycles. The van der Waals surface area contributed by atoms with Crippen molar-refractivity contribution in [2.45, 2.75) is 334 Å². The van der Waals surface area contributed by atoms with Crippen LogP contribution in [-0.2, 0) is 4.79 Å². The zero-order valence-corrected chi connectivity index (χ0v) is 47.0. The average Bonchev–Trinajstić information content (AvgIpc) is 3.36. The summed E-state index contributed by atoms with van der Waals surface area (Å²) in [5.41, 5.74) is 0. The van der Waals surface area contributed by atoms with Gasteiger partial charge in [0.2, 0.25) is 5.91 Å². The van der Waals surface area contributed by atoms with E-state index in [2.05, 4.69) is 92.1 Å². The number of allylic oxidation sites excluding steroid dienone is 12. The van der Waals surface area contributed by atoms with Crippen LogP contribution in [0.1, 0.15) is 322 Å². The van der Waals surface area contributed by atoms with Crippen molar-refractivity contribution in [3.63, 3.8) is 0 Å². The van der Waals surface area contributed by atoms with Crippen molar-refractivity contribution in [2.75, 3.05) is 6.61 Å². The Kier molecular flexibility index (Phi) is 59.2. The zero-order valence-electron chi connectivity index (χ0n) is 47.0. The van der Waals surface area contributed by atoms with Gasteiger partial charge >= 0.3 is 0 Å². The molecule has 0 spiro atoms. The maximum absolute atomic E-state index is 12.5. The van der Waals surface area contributed by atoms with Crippen LogP contribution in [0.4, 0.5) is 0 Å². The normalized spacial score (nSPS) is 13.3. The summed E-state index contributed by atoms with van der Waals surface area (Å²) >= 11 is 0. The number of unbranched alkanes of at least 4 members (excludes halogenated alkanes) is 38. The first kappa shape index (κ1) is 67.8. The third-order valence-corrected chi connectivity index (χ3v) is 14.2. The monoisotopic (exact) mass is 976 g/mol. The standard InChI is InChI=1S/C66H121NO3/c1-3-5-7-9-11-13-15-17-19-21-23-25-27-28-29-30-31-32-33-34-35-36-37-38-40-42-44-46-48-50-52-54-56-58-60-62-66(70)67-64(63-68)65(69)61-59-57-55-53-51-49-47-45-43-41-39-26-24-22-20-18-16-14-12-10-8-6-4-2/h5,7,11,13,17,19,23,25,28-29,31-32,64-65,68-69H,3-4,6,8-10,12,14-16,18,20-22,24,26-27,30,33-63H2,1-2H3,(H,67,70)/b7-5-,13-11-,19-17-,25-23-,29-28-,32-31-. The molecule has 0 fully saturated rings. The molecule has 3 N–H and O–H groups in total. The van der Waals surface area contributed by atoms with Crippen LogP contribution >= 0.6 is 0 Å². The first-order chi connectivity index (χ1) is 34.7. The molecule has 1 amide bonds. The second-order valence-electron chi connectivity index (χ2n) is 21.1. The first-order valence-electron chi connectivity index (χ1n) is 31.1. The highest BCUT2D eigenvalue weighted by Crippen LogP contribution is 2.18. The van der Waals surface area contributed by atoms with Crippen LogP contribution < -0.4 is 5.32 Å². The highest BCUT2D eigenvalue weighted by atomic mass is 16.3. The number of rotatable bonds is 57. The first-order valence-corrected chi connectivity index (χ1v) is 31.1. The maximum Gasteiger partial charge on any atom is 0.220 e. The van der Waals surface area contributed by atoms with Gasteiger partial charge in [0.15, 0.2) is 0 Å². The van der Waals surface area contributed by atoms with E-state index in [9.17, 15) is 15.0 Å². The number of carbonyl (C=O) groups excluding carboxylic acids is 1. The maximum atomic E-state index is 12.5. The minimum absolute atomic E-state index is 0.0284. The summed E-state index contributed by atoms with van der Waals surface area (Å²) in [4.78, 5) is 12.5. The van der Waals surface area contributed by atoms with Crippen LogP contribution in [0, 0.1) is 0 Å². The van der Waals surface area contributed by atoms with Crippen molar-refractivity contribution in [3.8, 4) is 0 Å². The Morgan fingerprint density at radius 1 is 0.357 bits per heavy atom. The van der Waals surface area contributed by atoms with Gasteiger partial charge < -0.3 is 15.5 Å². The number of amides is 1. The Bertz CT molecular complexity index is 1200. The molecule has 0 aromatic heterocycles. The molecule has 4 nitrogen and oxygen atoms in total. The number of nitrogens with one attached hydrogen (secondary N) is 1. The van der Waals surface area contributed by atoms with E-state index in [-0.39, 0.29) is 12.5 Å². The molecule has 0 aromatic rings. The smallest absolute Gasteiger partial charge is 0.220 e. The Morgan fingerprint density at radius 3 is 0.943 bits per heavy atom. The third-order valence-electron chi connectivity index (χ3n) is 14.2. The van der Waals surface area contributed by atoms with Crippen molar-refractivity contribution in [1.29, 1.82) is 0 Å². The van der Waals surface area contributed by atoms with E-state index in [1.165, 1.54) is 231 Å². The van der Waals surface area contributed by atoms with Crippen LogP contribution in [-0.4, -0.2) is 34.9 Å². The highest BCUT2D eigenvalue weighted by Gasteiger charge is 2.20. The molecule has 2 atom stereocenters. The predicted molar refractivity (Wildman–Crippen MR) is 313 cm³/mol. The Hall–Kier alpha value is -2.17. The quantitative estimate of drug-likeness (QED) is 0.0420. The molecule has 0 radical (unpaired) electrons. The van der Waals surface area contributed by atoms with Gasteiger partial charge in [-0.3, -0.25) is 4.79 Å². The van der Waals surface area contributed by atoms with E-state index in [1.54, 1.807) is 0 Å². The van der Waals surface area contributed by atoms with Gasteiger partial charge in [-0.25, -0.2) is 0 Å². The molecule has 0 aliphatic rings. The fourth-order valence-electron chi connectivity index (χ4n) is 9.54. The SMILES string of the molecule is CC/C=C\C/C=C\C/C=C\C/C=C\C/C=C\C/C=C\CCCCCCCCCCCCCCCCCCC(=O)NC(CO)C(O)CCCCCCCCCCCCCCCCCCCCCCCCC. The minimum atomic E-state index is -0.663. The molecule has 0 aliphatic carbocycles. The minimum Gasteiger partial charge on any atom is -0.394 e. The van der Waals surface area contributed by atoms with Gasteiger partial charge in [-0.2, -0.15) is 0 Å². The predicted octanol–water partition coefficient (Wildman–Crippen LogP) is 20.9. The molecule has 2 unspecified atom stereocenters. The summed E-state index contributed by atoms with van der Waals surface area (Å²) in [5.74, 6) is -0.0284. The van der Waals surface area contributed by atoms with E-state index >= 15 is 0 Å². The van der Waals surface area contributed by atoms with Crippen molar-refractivity contribution in [1.82, 2.24) is 5.32 Å². The topological polar surface area (TPSA) is 69.6 Å². The summed E-state index contributed by atoms with van der Waals surface area (Å²) in [6.45, 7) is 4.27.